The molecular formula is C29H39N3O4S2. The Balaban J connectivity index is 1.68. The van der Waals surface area contributed by atoms with E-state index in [1.54, 1.807) is 36.6 Å². The van der Waals surface area contributed by atoms with Crippen LogP contribution in [0.3, 0.4) is 0 Å². The van der Waals surface area contributed by atoms with Crippen LogP contribution in [0.4, 0.5) is 5.69 Å². The Hall–Kier alpha value is -2.49. The summed E-state index contributed by atoms with van der Waals surface area (Å²) in [5, 5.41) is 0.714. The molecule has 7 nitrogen and oxygen atoms in total. The van der Waals surface area contributed by atoms with Crippen LogP contribution < -0.4 is 9.64 Å². The van der Waals surface area contributed by atoms with E-state index in [0.29, 0.717) is 40.4 Å². The second-order valence-corrected chi connectivity index (χ2v) is 13.3. The van der Waals surface area contributed by atoms with E-state index < -0.39 is 20.6 Å². The Morgan fingerprint density at radius 3 is 2.47 bits per heavy atom. The predicted octanol–water partition coefficient (Wildman–Crippen LogP) is 5.30. The van der Waals surface area contributed by atoms with Crippen molar-refractivity contribution in [2.75, 3.05) is 51.0 Å². The summed E-state index contributed by atoms with van der Waals surface area (Å²) < 4.78 is 46.1. The number of benzene rings is 2. The number of fused-ring (bicyclic) bond motifs is 1. The fourth-order valence-corrected chi connectivity index (χ4v) is 6.83. The van der Waals surface area contributed by atoms with Gasteiger partial charge in [0.25, 0.3) is 0 Å². The molecule has 0 bridgehead atoms. The molecule has 1 aliphatic heterocycles. The number of nitrogens with zero attached hydrogens (tertiary/aromatic N) is 3. The second-order valence-electron chi connectivity index (χ2n) is 9.99. The monoisotopic (exact) mass is 557 g/mol. The largest absolute Gasteiger partial charge is 0.494 e. The first-order valence-corrected chi connectivity index (χ1v) is 16.5. The van der Waals surface area contributed by atoms with E-state index in [1.165, 1.54) is 25.5 Å². The van der Waals surface area contributed by atoms with Crippen LogP contribution in [0.2, 0.25) is 0 Å². The van der Waals surface area contributed by atoms with Gasteiger partial charge in [-0.1, -0.05) is 32.6 Å². The standard InChI is InChI=1S/C29H39N3O4S2/c1-4-5-6-7-8-20-36-23-10-13-25(14-11-23)38(34,35)28-22-30-27-15-12-24(37(3)33)21-26(27)29(28)32-17-9-16-31(2)18-19-32/h10-15,21-22H,4-9,16-20H2,1-3H3. The molecular weight excluding hydrogens is 518 g/mol. The molecule has 3 aromatic rings. The summed E-state index contributed by atoms with van der Waals surface area (Å²) in [5.74, 6) is 0.668. The Bertz CT molecular complexity index is 1360. The quantitative estimate of drug-likeness (QED) is 0.296. The molecule has 1 unspecified atom stereocenters. The molecule has 0 saturated carbocycles. The summed E-state index contributed by atoms with van der Waals surface area (Å²) in [6.07, 6.45) is 9.81. The minimum absolute atomic E-state index is 0.179. The fourth-order valence-electron chi connectivity index (χ4n) is 4.85. The highest BCUT2D eigenvalue weighted by Gasteiger charge is 2.28. The number of aromatic nitrogens is 1. The molecule has 0 spiro atoms. The van der Waals surface area contributed by atoms with Gasteiger partial charge in [-0.3, -0.25) is 9.19 Å². The van der Waals surface area contributed by atoms with Gasteiger partial charge in [0.15, 0.2) is 0 Å². The smallest absolute Gasteiger partial charge is 0.210 e. The number of anilines is 1. The Labute approximate surface area is 229 Å². The molecule has 2 aromatic carbocycles. The van der Waals surface area contributed by atoms with Gasteiger partial charge in [0.05, 0.1) is 22.7 Å². The summed E-state index contributed by atoms with van der Waals surface area (Å²) in [7, 11) is -2.99. The van der Waals surface area contributed by atoms with Gasteiger partial charge >= 0.3 is 0 Å². The van der Waals surface area contributed by atoms with Gasteiger partial charge in [-0.15, -0.1) is 0 Å². The summed E-state index contributed by atoms with van der Waals surface area (Å²) in [6, 6.07) is 12.1. The summed E-state index contributed by atoms with van der Waals surface area (Å²) in [4.78, 5) is 9.96. The van der Waals surface area contributed by atoms with Crippen molar-refractivity contribution in [2.24, 2.45) is 0 Å². The van der Waals surface area contributed by atoms with Crippen LogP contribution in [0.15, 0.2) is 63.3 Å². The Morgan fingerprint density at radius 2 is 1.74 bits per heavy atom. The molecule has 0 amide bonds. The molecule has 9 heteroatoms. The lowest BCUT2D eigenvalue weighted by molar-refractivity contribution is 0.304. The van der Waals surface area contributed by atoms with E-state index in [9.17, 15) is 12.6 Å². The fraction of sp³-hybridized carbons (Fsp3) is 0.483. The maximum Gasteiger partial charge on any atom is 0.210 e. The molecule has 0 radical (unpaired) electrons. The van der Waals surface area contributed by atoms with Crippen LogP contribution in [0.1, 0.15) is 45.4 Å². The normalized spacial score (nSPS) is 15.9. The molecule has 0 aliphatic carbocycles. The van der Waals surface area contributed by atoms with Crippen molar-refractivity contribution >= 4 is 37.2 Å². The lowest BCUT2D eigenvalue weighted by Gasteiger charge is -2.27. The number of rotatable bonds is 11. The minimum atomic E-state index is -3.87. The van der Waals surface area contributed by atoms with Crippen molar-refractivity contribution in [3.63, 3.8) is 0 Å². The van der Waals surface area contributed by atoms with Crippen LogP contribution >= 0.6 is 0 Å². The number of ether oxygens (including phenoxy) is 1. The van der Waals surface area contributed by atoms with E-state index in [-0.39, 0.29) is 9.79 Å². The van der Waals surface area contributed by atoms with E-state index in [0.717, 1.165) is 38.9 Å². The minimum Gasteiger partial charge on any atom is -0.494 e. The first-order valence-electron chi connectivity index (χ1n) is 13.5. The lowest BCUT2D eigenvalue weighted by Crippen LogP contribution is -2.30. The van der Waals surface area contributed by atoms with Gasteiger partial charge < -0.3 is 14.5 Å². The third-order valence-electron chi connectivity index (χ3n) is 7.09. The van der Waals surface area contributed by atoms with Gasteiger partial charge in [-0.2, -0.15) is 0 Å². The van der Waals surface area contributed by atoms with Gasteiger partial charge in [-0.05, 0) is 68.9 Å². The van der Waals surface area contributed by atoms with Crippen LogP contribution in [-0.2, 0) is 20.6 Å². The Kier molecular flexibility index (Phi) is 9.79. The molecule has 1 atom stereocenters. The van der Waals surface area contributed by atoms with Crippen molar-refractivity contribution < 1.29 is 17.4 Å². The van der Waals surface area contributed by atoms with E-state index in [1.807, 2.05) is 12.1 Å². The number of unbranched alkanes of at least 4 members (excludes halogenated alkanes) is 4. The van der Waals surface area contributed by atoms with Gasteiger partial charge in [0.1, 0.15) is 10.6 Å². The number of pyridine rings is 1. The highest BCUT2D eigenvalue weighted by atomic mass is 32.2. The zero-order valence-corrected chi connectivity index (χ0v) is 24.3. The van der Waals surface area contributed by atoms with E-state index in [4.69, 9.17) is 4.74 Å². The summed E-state index contributed by atoms with van der Waals surface area (Å²) >= 11 is 0. The predicted molar refractivity (Wildman–Crippen MR) is 155 cm³/mol. The molecule has 2 heterocycles. The van der Waals surface area contributed by atoms with Crippen LogP contribution in [-0.4, -0.2) is 68.6 Å². The average Bonchev–Trinajstić information content (AvgIpc) is 3.14. The summed E-state index contributed by atoms with van der Waals surface area (Å²) in [5.41, 5.74) is 1.33. The number of hydrogen-bond acceptors (Lipinski definition) is 7. The van der Waals surface area contributed by atoms with Crippen molar-refractivity contribution in [3.8, 4) is 5.75 Å². The third-order valence-corrected chi connectivity index (χ3v) is 9.77. The molecule has 1 aromatic heterocycles. The molecule has 4 rings (SSSR count). The summed E-state index contributed by atoms with van der Waals surface area (Å²) in [6.45, 7) is 6.03. The van der Waals surface area contributed by atoms with Crippen molar-refractivity contribution in [2.45, 2.75) is 60.1 Å². The van der Waals surface area contributed by atoms with Crippen molar-refractivity contribution in [1.29, 1.82) is 0 Å². The number of hydrogen-bond donors (Lipinski definition) is 0. The molecule has 1 aliphatic rings. The molecule has 1 saturated heterocycles. The third kappa shape index (κ3) is 6.74. The maximum atomic E-state index is 14.0. The average molecular weight is 558 g/mol. The van der Waals surface area contributed by atoms with Crippen molar-refractivity contribution in [3.05, 3.63) is 48.7 Å². The molecule has 206 valence electrons. The van der Waals surface area contributed by atoms with Crippen LogP contribution in [0, 0.1) is 0 Å². The molecule has 1 fully saturated rings. The van der Waals surface area contributed by atoms with E-state index >= 15 is 0 Å². The van der Waals surface area contributed by atoms with E-state index in [2.05, 4.69) is 28.8 Å². The SMILES string of the molecule is CCCCCCCOc1ccc(S(=O)(=O)c2cnc3ccc(S(C)=O)cc3c2N2CCCN(C)CC2)cc1. The van der Waals surface area contributed by atoms with Crippen LogP contribution in [0.25, 0.3) is 10.9 Å². The molecule has 38 heavy (non-hydrogen) atoms. The highest BCUT2D eigenvalue weighted by Crippen LogP contribution is 2.37. The van der Waals surface area contributed by atoms with Crippen LogP contribution in [0.5, 0.6) is 5.75 Å². The molecule has 0 N–H and O–H groups in total. The van der Waals surface area contributed by atoms with Crippen molar-refractivity contribution in [1.82, 2.24) is 9.88 Å². The number of likely N-dealkylation sites (N-methyl/N-ethyl adjacent to an activating group) is 1. The second kappa shape index (κ2) is 13.0. The first-order chi connectivity index (χ1) is 18.3. The number of sulfone groups is 1. The maximum absolute atomic E-state index is 14.0. The topological polar surface area (TPSA) is 79.8 Å². The zero-order chi connectivity index (χ0) is 27.1. The van der Waals surface area contributed by atoms with Gasteiger partial charge in [0, 0.05) is 53.2 Å². The van der Waals surface area contributed by atoms with Gasteiger partial charge in [0.2, 0.25) is 9.84 Å². The first kappa shape index (κ1) is 28.5. The van der Waals surface area contributed by atoms with Gasteiger partial charge in [-0.25, -0.2) is 8.42 Å². The zero-order valence-electron chi connectivity index (χ0n) is 22.7. The Morgan fingerprint density at radius 1 is 0.974 bits per heavy atom. The highest BCUT2D eigenvalue weighted by molar-refractivity contribution is 7.91. The lowest BCUT2D eigenvalue weighted by atomic mass is 10.1.